The number of hydrogen-bond donors (Lipinski definition) is 1. The number of carbonyl (C=O) groups is 1. The highest BCUT2D eigenvalue weighted by atomic mass is 19.1. The molecule has 2 aromatic carbocycles. The van der Waals surface area contributed by atoms with Gasteiger partial charge in [-0.3, -0.25) is 4.90 Å². The lowest BCUT2D eigenvalue weighted by molar-refractivity contribution is 0.143. The van der Waals surface area contributed by atoms with Crippen LogP contribution in [0.1, 0.15) is 5.56 Å². The molecule has 6 heteroatoms. The molecule has 0 spiro atoms. The molecule has 0 aliphatic carbocycles. The zero-order chi connectivity index (χ0) is 16.9. The Bertz CT molecular complexity index is 680. The number of anilines is 1. The first kappa shape index (κ1) is 16.4. The summed E-state index contributed by atoms with van der Waals surface area (Å²) in [7, 11) is 0. The van der Waals surface area contributed by atoms with Gasteiger partial charge in [-0.05, 0) is 17.7 Å². The first-order valence-corrected chi connectivity index (χ1v) is 7.88. The number of benzene rings is 2. The normalized spacial score (nSPS) is 15.3. The van der Waals surface area contributed by atoms with E-state index >= 15 is 0 Å². The van der Waals surface area contributed by atoms with Crippen molar-refractivity contribution >= 4 is 11.7 Å². The summed E-state index contributed by atoms with van der Waals surface area (Å²) in [6, 6.07) is 12.8. The van der Waals surface area contributed by atoms with Crippen molar-refractivity contribution in [2.24, 2.45) is 0 Å². The van der Waals surface area contributed by atoms with E-state index in [9.17, 15) is 13.6 Å². The Kier molecular flexibility index (Phi) is 5.05. The molecule has 24 heavy (non-hydrogen) atoms. The number of nitrogens with one attached hydrogen (secondary N) is 1. The van der Waals surface area contributed by atoms with Crippen molar-refractivity contribution in [1.29, 1.82) is 0 Å². The maximum atomic E-state index is 13.2. The molecule has 126 valence electrons. The summed E-state index contributed by atoms with van der Waals surface area (Å²) >= 11 is 0. The third kappa shape index (κ3) is 4.29. The smallest absolute Gasteiger partial charge is 0.321 e. The highest BCUT2D eigenvalue weighted by Gasteiger charge is 2.21. The van der Waals surface area contributed by atoms with Crippen LogP contribution in [0.3, 0.4) is 0 Å². The third-order valence-corrected chi connectivity index (χ3v) is 4.02. The van der Waals surface area contributed by atoms with Gasteiger partial charge in [-0.1, -0.05) is 30.3 Å². The second-order valence-electron chi connectivity index (χ2n) is 5.84. The summed E-state index contributed by atoms with van der Waals surface area (Å²) in [6.45, 7) is 3.54. The van der Waals surface area contributed by atoms with Crippen LogP contribution in [0.2, 0.25) is 0 Å². The molecule has 0 aromatic heterocycles. The lowest BCUT2D eigenvalue weighted by Crippen LogP contribution is -2.49. The van der Waals surface area contributed by atoms with E-state index in [1.54, 1.807) is 4.90 Å². The third-order valence-electron chi connectivity index (χ3n) is 4.02. The van der Waals surface area contributed by atoms with Gasteiger partial charge in [0.1, 0.15) is 11.6 Å². The zero-order valence-corrected chi connectivity index (χ0v) is 13.2. The first-order valence-electron chi connectivity index (χ1n) is 7.88. The molecule has 1 heterocycles. The molecule has 1 saturated heterocycles. The van der Waals surface area contributed by atoms with Gasteiger partial charge in [0.25, 0.3) is 0 Å². The second kappa shape index (κ2) is 7.40. The summed E-state index contributed by atoms with van der Waals surface area (Å²) in [4.78, 5) is 16.1. The fourth-order valence-electron chi connectivity index (χ4n) is 2.78. The van der Waals surface area contributed by atoms with Crippen molar-refractivity contribution in [3.63, 3.8) is 0 Å². The Labute approximate surface area is 139 Å². The molecule has 1 aliphatic rings. The van der Waals surface area contributed by atoms with E-state index in [-0.39, 0.29) is 11.7 Å². The van der Waals surface area contributed by atoms with Crippen molar-refractivity contribution in [1.82, 2.24) is 9.80 Å². The SMILES string of the molecule is O=C(Nc1cc(F)cc(F)c1)N1CCN(Cc2ccccc2)CC1. The molecule has 1 aliphatic heterocycles. The molecule has 0 saturated carbocycles. The maximum Gasteiger partial charge on any atom is 0.321 e. The quantitative estimate of drug-likeness (QED) is 0.936. The van der Waals surface area contributed by atoms with E-state index in [0.29, 0.717) is 13.1 Å². The van der Waals surface area contributed by atoms with Crippen molar-refractivity contribution in [2.75, 3.05) is 31.5 Å². The number of carbonyl (C=O) groups excluding carboxylic acids is 1. The van der Waals surface area contributed by atoms with Gasteiger partial charge in [0.05, 0.1) is 0 Å². The van der Waals surface area contributed by atoms with E-state index in [1.165, 1.54) is 5.56 Å². The predicted octanol–water partition coefficient (Wildman–Crippen LogP) is 3.31. The Morgan fingerprint density at radius 3 is 2.21 bits per heavy atom. The maximum absolute atomic E-state index is 13.2. The molecule has 4 nitrogen and oxygen atoms in total. The fourth-order valence-corrected chi connectivity index (χ4v) is 2.78. The van der Waals surface area contributed by atoms with Crippen LogP contribution in [-0.2, 0) is 6.54 Å². The highest BCUT2D eigenvalue weighted by molar-refractivity contribution is 5.89. The number of amides is 2. The summed E-state index contributed by atoms with van der Waals surface area (Å²) < 4.78 is 26.3. The Balaban J connectivity index is 1.51. The molecule has 1 fully saturated rings. The molecular formula is C18H19F2N3O. The van der Waals surface area contributed by atoms with Crippen LogP contribution in [0.5, 0.6) is 0 Å². The van der Waals surface area contributed by atoms with Gasteiger partial charge in [-0.25, -0.2) is 13.6 Å². The van der Waals surface area contributed by atoms with Crippen LogP contribution in [-0.4, -0.2) is 42.0 Å². The lowest BCUT2D eigenvalue weighted by Gasteiger charge is -2.34. The van der Waals surface area contributed by atoms with Crippen LogP contribution in [0.4, 0.5) is 19.3 Å². The van der Waals surface area contributed by atoms with Crippen molar-refractivity contribution < 1.29 is 13.6 Å². The van der Waals surface area contributed by atoms with E-state index in [2.05, 4.69) is 22.3 Å². The summed E-state index contributed by atoms with van der Waals surface area (Å²) in [5, 5.41) is 2.55. The van der Waals surface area contributed by atoms with Crippen LogP contribution >= 0.6 is 0 Å². The molecule has 1 N–H and O–H groups in total. The molecule has 2 amide bonds. The first-order chi connectivity index (χ1) is 11.6. The van der Waals surface area contributed by atoms with E-state index < -0.39 is 11.6 Å². The van der Waals surface area contributed by atoms with Gasteiger partial charge in [0, 0.05) is 44.5 Å². The molecule has 0 atom stereocenters. The van der Waals surface area contributed by atoms with E-state index in [0.717, 1.165) is 37.8 Å². The zero-order valence-electron chi connectivity index (χ0n) is 13.2. The van der Waals surface area contributed by atoms with Crippen LogP contribution in [0.25, 0.3) is 0 Å². The molecule has 0 bridgehead atoms. The summed E-state index contributed by atoms with van der Waals surface area (Å²) in [5.41, 5.74) is 1.37. The fraction of sp³-hybridized carbons (Fsp3) is 0.278. The largest absolute Gasteiger partial charge is 0.322 e. The van der Waals surface area contributed by atoms with Crippen molar-refractivity contribution in [3.8, 4) is 0 Å². The number of piperazine rings is 1. The predicted molar refractivity (Wildman–Crippen MR) is 88.7 cm³/mol. The standard InChI is InChI=1S/C18H19F2N3O/c19-15-10-16(20)12-17(11-15)21-18(24)23-8-6-22(7-9-23)13-14-4-2-1-3-5-14/h1-5,10-12H,6-9,13H2,(H,21,24). The van der Waals surface area contributed by atoms with Gasteiger partial charge in [0.2, 0.25) is 0 Å². The van der Waals surface area contributed by atoms with Crippen molar-refractivity contribution in [3.05, 3.63) is 65.7 Å². The molecular weight excluding hydrogens is 312 g/mol. The highest BCUT2D eigenvalue weighted by Crippen LogP contribution is 2.14. The van der Waals surface area contributed by atoms with E-state index in [4.69, 9.17) is 0 Å². The van der Waals surface area contributed by atoms with Gasteiger partial charge >= 0.3 is 6.03 Å². The van der Waals surface area contributed by atoms with Gasteiger partial charge in [-0.2, -0.15) is 0 Å². The summed E-state index contributed by atoms with van der Waals surface area (Å²) in [6.07, 6.45) is 0. The Morgan fingerprint density at radius 2 is 1.58 bits per heavy atom. The number of halogens is 2. The lowest BCUT2D eigenvalue weighted by atomic mass is 10.2. The number of rotatable bonds is 3. The molecule has 0 unspecified atom stereocenters. The molecule has 0 radical (unpaired) electrons. The Hall–Kier alpha value is -2.47. The average Bonchev–Trinajstić information content (AvgIpc) is 2.55. The summed E-state index contributed by atoms with van der Waals surface area (Å²) in [5.74, 6) is -1.42. The van der Waals surface area contributed by atoms with E-state index in [1.807, 2.05) is 18.2 Å². The number of nitrogens with zero attached hydrogens (tertiary/aromatic N) is 2. The minimum Gasteiger partial charge on any atom is -0.322 e. The van der Waals surface area contributed by atoms with Crippen LogP contribution < -0.4 is 5.32 Å². The topological polar surface area (TPSA) is 35.6 Å². The monoisotopic (exact) mass is 331 g/mol. The molecule has 3 rings (SSSR count). The minimum atomic E-state index is -0.710. The van der Waals surface area contributed by atoms with Gasteiger partial charge in [0.15, 0.2) is 0 Å². The van der Waals surface area contributed by atoms with Crippen molar-refractivity contribution in [2.45, 2.75) is 6.54 Å². The van der Waals surface area contributed by atoms with Crippen LogP contribution in [0, 0.1) is 11.6 Å². The van der Waals surface area contributed by atoms with Gasteiger partial charge in [-0.15, -0.1) is 0 Å². The number of hydrogen-bond acceptors (Lipinski definition) is 2. The average molecular weight is 331 g/mol. The Morgan fingerprint density at radius 1 is 0.958 bits per heavy atom. The number of urea groups is 1. The minimum absolute atomic E-state index is 0.129. The van der Waals surface area contributed by atoms with Gasteiger partial charge < -0.3 is 10.2 Å². The molecule has 2 aromatic rings. The van der Waals surface area contributed by atoms with Crippen LogP contribution in [0.15, 0.2) is 48.5 Å². The second-order valence-corrected chi connectivity index (χ2v) is 5.84.